The summed E-state index contributed by atoms with van der Waals surface area (Å²) in [5.41, 5.74) is 5.22. The molecule has 0 aliphatic carbocycles. The number of hydrogen-bond acceptors (Lipinski definition) is 5. The first kappa shape index (κ1) is 25.2. The number of H-pyrrole nitrogens is 1. The van der Waals surface area contributed by atoms with Gasteiger partial charge in [-0.1, -0.05) is 72.3 Å². The lowest BCUT2D eigenvalue weighted by Gasteiger charge is -2.06. The van der Waals surface area contributed by atoms with Gasteiger partial charge in [0.2, 0.25) is 0 Å². The number of hydrogen-bond donors (Lipinski definition) is 2. The van der Waals surface area contributed by atoms with E-state index in [-0.39, 0.29) is 17.4 Å². The van der Waals surface area contributed by atoms with Crippen molar-refractivity contribution in [3.05, 3.63) is 106 Å². The SMILES string of the molecule is Cc1ccc(Oc2nc3nc(-c4ccc(CC(=O)CCc5ccccc5)cc4)c(Cl)cc3[nH]2)cc1C(=O)O. The second-order valence-electron chi connectivity index (χ2n) is 9.01. The van der Waals surface area contributed by atoms with E-state index in [4.69, 9.17) is 16.3 Å². The Morgan fingerprint density at radius 3 is 2.45 bits per heavy atom. The molecule has 190 valence electrons. The Morgan fingerprint density at radius 2 is 1.71 bits per heavy atom. The van der Waals surface area contributed by atoms with Crippen LogP contribution in [0.1, 0.15) is 33.5 Å². The Hall–Kier alpha value is -4.49. The van der Waals surface area contributed by atoms with Gasteiger partial charge in [0.25, 0.3) is 0 Å². The molecular weight excluding hydrogens is 502 g/mol. The van der Waals surface area contributed by atoms with E-state index in [0.29, 0.717) is 46.0 Å². The fourth-order valence-electron chi connectivity index (χ4n) is 4.18. The zero-order valence-electron chi connectivity index (χ0n) is 20.6. The van der Waals surface area contributed by atoms with Crippen molar-refractivity contribution >= 4 is 34.5 Å². The van der Waals surface area contributed by atoms with E-state index in [9.17, 15) is 14.7 Å². The van der Waals surface area contributed by atoms with E-state index in [1.54, 1.807) is 25.1 Å². The number of ketones is 1. The summed E-state index contributed by atoms with van der Waals surface area (Å²) in [5.74, 6) is -0.502. The molecule has 7 nitrogen and oxygen atoms in total. The number of aryl methyl sites for hydroxylation is 2. The van der Waals surface area contributed by atoms with Crippen LogP contribution in [0.2, 0.25) is 5.02 Å². The van der Waals surface area contributed by atoms with E-state index >= 15 is 0 Å². The summed E-state index contributed by atoms with van der Waals surface area (Å²) in [6, 6.07) is 24.3. The molecule has 0 fully saturated rings. The molecule has 0 amide bonds. The Morgan fingerprint density at radius 1 is 0.947 bits per heavy atom. The molecule has 2 heterocycles. The molecule has 2 aromatic heterocycles. The normalized spacial score (nSPS) is 11.0. The van der Waals surface area contributed by atoms with Gasteiger partial charge in [0.15, 0.2) is 5.65 Å². The number of carbonyl (C=O) groups excluding carboxylic acids is 1. The molecule has 0 saturated carbocycles. The van der Waals surface area contributed by atoms with Crippen molar-refractivity contribution in [2.24, 2.45) is 0 Å². The molecule has 0 spiro atoms. The zero-order valence-corrected chi connectivity index (χ0v) is 21.3. The first-order valence-corrected chi connectivity index (χ1v) is 12.5. The summed E-state index contributed by atoms with van der Waals surface area (Å²) in [7, 11) is 0. The predicted octanol–water partition coefficient (Wildman–Crippen LogP) is 6.82. The van der Waals surface area contributed by atoms with Gasteiger partial charge < -0.3 is 14.8 Å². The first-order valence-electron chi connectivity index (χ1n) is 12.1. The van der Waals surface area contributed by atoms with Gasteiger partial charge in [-0.25, -0.2) is 9.78 Å². The number of aromatic carboxylic acids is 1. The zero-order chi connectivity index (χ0) is 26.6. The molecule has 0 unspecified atom stereocenters. The summed E-state index contributed by atoms with van der Waals surface area (Å²) < 4.78 is 5.75. The first-order chi connectivity index (χ1) is 18.4. The van der Waals surface area contributed by atoms with E-state index < -0.39 is 5.97 Å². The number of pyridine rings is 1. The van der Waals surface area contributed by atoms with Crippen LogP contribution in [0.4, 0.5) is 0 Å². The number of Topliss-reactive ketones (excluding diaryl/α,β-unsaturated/α-hetero) is 1. The van der Waals surface area contributed by atoms with Crippen LogP contribution in [0.15, 0.2) is 78.9 Å². The second-order valence-corrected chi connectivity index (χ2v) is 9.42. The van der Waals surface area contributed by atoms with Crippen molar-refractivity contribution in [3.63, 3.8) is 0 Å². The number of benzene rings is 3. The summed E-state index contributed by atoms with van der Waals surface area (Å²) in [6.45, 7) is 1.72. The molecule has 0 aliphatic heterocycles. The highest BCUT2D eigenvalue weighted by Gasteiger charge is 2.14. The quantitative estimate of drug-likeness (QED) is 0.219. The van der Waals surface area contributed by atoms with Gasteiger partial charge in [-0.2, -0.15) is 4.98 Å². The minimum absolute atomic E-state index is 0.156. The molecule has 2 N–H and O–H groups in total. The molecule has 5 aromatic rings. The molecule has 0 atom stereocenters. The number of halogens is 1. The average molecular weight is 526 g/mol. The van der Waals surface area contributed by atoms with Gasteiger partial charge in [0.05, 0.1) is 21.8 Å². The molecule has 0 saturated heterocycles. The lowest BCUT2D eigenvalue weighted by molar-refractivity contribution is -0.118. The topological polar surface area (TPSA) is 105 Å². The third kappa shape index (κ3) is 5.74. The van der Waals surface area contributed by atoms with E-state index in [1.165, 1.54) is 6.07 Å². The number of nitrogens with one attached hydrogen (secondary N) is 1. The van der Waals surface area contributed by atoms with E-state index in [1.807, 2.05) is 54.6 Å². The summed E-state index contributed by atoms with van der Waals surface area (Å²) in [4.78, 5) is 35.9. The van der Waals surface area contributed by atoms with Gasteiger partial charge in [-0.15, -0.1) is 0 Å². The van der Waals surface area contributed by atoms with Crippen molar-refractivity contribution in [2.75, 3.05) is 0 Å². The van der Waals surface area contributed by atoms with Crippen molar-refractivity contribution in [3.8, 4) is 23.0 Å². The number of carboxylic acid groups (broad SMARTS) is 1. The van der Waals surface area contributed by atoms with Gasteiger partial charge in [0.1, 0.15) is 11.5 Å². The van der Waals surface area contributed by atoms with Crippen LogP contribution in [0, 0.1) is 6.92 Å². The van der Waals surface area contributed by atoms with Gasteiger partial charge >= 0.3 is 12.0 Å². The van der Waals surface area contributed by atoms with Crippen LogP contribution in [0.25, 0.3) is 22.4 Å². The lowest BCUT2D eigenvalue weighted by atomic mass is 10.0. The maximum atomic E-state index is 12.5. The Balaban J connectivity index is 1.29. The Labute approximate surface area is 224 Å². The Kier molecular flexibility index (Phi) is 7.20. The predicted molar refractivity (Wildman–Crippen MR) is 146 cm³/mol. The largest absolute Gasteiger partial charge is 0.478 e. The Bertz CT molecular complexity index is 1630. The average Bonchev–Trinajstić information content (AvgIpc) is 3.30. The summed E-state index contributed by atoms with van der Waals surface area (Å²) in [6.07, 6.45) is 1.60. The molecule has 38 heavy (non-hydrogen) atoms. The van der Waals surface area contributed by atoms with Gasteiger partial charge in [-0.3, -0.25) is 4.79 Å². The maximum absolute atomic E-state index is 12.5. The minimum Gasteiger partial charge on any atom is -0.478 e. The summed E-state index contributed by atoms with van der Waals surface area (Å²) >= 11 is 6.53. The van der Waals surface area contributed by atoms with Crippen LogP contribution in [0.3, 0.4) is 0 Å². The highest BCUT2D eigenvalue weighted by molar-refractivity contribution is 6.33. The van der Waals surface area contributed by atoms with Crippen molar-refractivity contribution < 1.29 is 19.4 Å². The molecule has 0 bridgehead atoms. The van der Waals surface area contributed by atoms with Crippen LogP contribution < -0.4 is 4.74 Å². The highest BCUT2D eigenvalue weighted by Crippen LogP contribution is 2.31. The number of aromatic nitrogens is 3. The molecule has 8 heteroatoms. The molecule has 0 radical (unpaired) electrons. The van der Waals surface area contributed by atoms with Crippen LogP contribution in [-0.4, -0.2) is 31.8 Å². The maximum Gasteiger partial charge on any atom is 0.336 e. The lowest BCUT2D eigenvalue weighted by Crippen LogP contribution is -2.04. The van der Waals surface area contributed by atoms with Gasteiger partial charge in [0, 0.05) is 18.4 Å². The number of ether oxygens (including phenoxy) is 1. The van der Waals surface area contributed by atoms with Crippen LogP contribution >= 0.6 is 11.6 Å². The number of fused-ring (bicyclic) bond motifs is 1. The van der Waals surface area contributed by atoms with Crippen molar-refractivity contribution in [1.82, 2.24) is 15.0 Å². The third-order valence-electron chi connectivity index (χ3n) is 6.22. The number of carboxylic acids is 1. The molecular formula is C30H24ClN3O4. The number of rotatable bonds is 9. The second kappa shape index (κ2) is 10.9. The smallest absolute Gasteiger partial charge is 0.336 e. The summed E-state index contributed by atoms with van der Waals surface area (Å²) in [5, 5.41) is 9.78. The van der Waals surface area contributed by atoms with Crippen LogP contribution in [0.5, 0.6) is 11.8 Å². The standard InChI is InChI=1S/C30H24ClN3O4/c1-18-7-14-23(16-24(18)29(36)37)38-30-32-26-17-25(31)27(33-28(26)34-30)21-11-8-20(9-12-21)15-22(35)13-10-19-5-3-2-4-6-19/h2-9,11-12,14,16-17H,10,13,15H2,1H3,(H,36,37)(H,32,33,34). The van der Waals surface area contributed by atoms with Crippen LogP contribution in [-0.2, 0) is 17.6 Å². The van der Waals surface area contributed by atoms with Crippen molar-refractivity contribution in [2.45, 2.75) is 26.2 Å². The highest BCUT2D eigenvalue weighted by atomic mass is 35.5. The fraction of sp³-hybridized carbons (Fsp3) is 0.133. The van der Waals surface area contributed by atoms with Gasteiger partial charge in [-0.05, 0) is 48.2 Å². The number of carbonyl (C=O) groups is 2. The number of nitrogens with zero attached hydrogens (tertiary/aromatic N) is 2. The number of imidazole rings is 1. The monoisotopic (exact) mass is 525 g/mol. The number of aromatic amines is 1. The minimum atomic E-state index is -1.03. The van der Waals surface area contributed by atoms with E-state index in [0.717, 1.165) is 23.1 Å². The molecule has 5 rings (SSSR count). The third-order valence-corrected chi connectivity index (χ3v) is 6.51. The molecule has 0 aliphatic rings. The van der Waals surface area contributed by atoms with Crippen molar-refractivity contribution in [1.29, 1.82) is 0 Å². The van der Waals surface area contributed by atoms with E-state index in [2.05, 4.69) is 15.0 Å². The molecule has 3 aromatic carbocycles. The fourth-order valence-corrected chi connectivity index (χ4v) is 4.44.